The molecule has 0 atom stereocenters. The van der Waals surface area contributed by atoms with E-state index in [9.17, 15) is 22.4 Å². The molecule has 2 N–H and O–H groups in total. The molecule has 5 nitrogen and oxygen atoms in total. The number of anilines is 2. The fourth-order valence-electron chi connectivity index (χ4n) is 2.24. The fraction of sp³-hybridized carbons (Fsp3) is 0.0556. The first-order chi connectivity index (χ1) is 12.7. The van der Waals surface area contributed by atoms with Crippen molar-refractivity contribution in [3.05, 3.63) is 71.7 Å². The zero-order valence-corrected chi connectivity index (χ0v) is 13.5. The van der Waals surface area contributed by atoms with Gasteiger partial charge in [0, 0.05) is 11.3 Å². The second kappa shape index (κ2) is 7.02. The molecule has 9 heteroatoms. The Labute approximate surface area is 150 Å². The van der Waals surface area contributed by atoms with Crippen molar-refractivity contribution in [2.75, 3.05) is 5.32 Å². The number of aromatic nitrogens is 2. The van der Waals surface area contributed by atoms with E-state index in [1.807, 2.05) is 0 Å². The van der Waals surface area contributed by atoms with E-state index in [1.54, 1.807) is 0 Å². The van der Waals surface area contributed by atoms with Crippen molar-refractivity contribution in [3.8, 4) is 11.3 Å². The van der Waals surface area contributed by atoms with E-state index in [0.29, 0.717) is 5.69 Å². The highest BCUT2D eigenvalue weighted by atomic mass is 19.4. The molecule has 0 aliphatic heterocycles. The number of halogens is 4. The predicted octanol–water partition coefficient (Wildman–Crippen LogP) is 4.74. The second-order valence-electron chi connectivity index (χ2n) is 5.47. The third kappa shape index (κ3) is 4.38. The number of rotatable bonds is 4. The lowest BCUT2D eigenvalue weighted by atomic mass is 10.1. The number of carboxylic acids is 1. The quantitative estimate of drug-likeness (QED) is 0.642. The lowest BCUT2D eigenvalue weighted by Gasteiger charge is -2.12. The number of carbonyl (C=O) groups is 1. The summed E-state index contributed by atoms with van der Waals surface area (Å²) in [5.74, 6) is -1.98. The summed E-state index contributed by atoms with van der Waals surface area (Å²) >= 11 is 0. The van der Waals surface area contributed by atoms with E-state index in [1.165, 1.54) is 36.4 Å². The first-order valence-electron chi connectivity index (χ1n) is 7.55. The highest BCUT2D eigenvalue weighted by molar-refractivity contribution is 5.88. The van der Waals surface area contributed by atoms with Crippen LogP contribution in [-0.2, 0) is 6.18 Å². The first-order valence-corrected chi connectivity index (χ1v) is 7.55. The van der Waals surface area contributed by atoms with Crippen LogP contribution in [0.3, 0.4) is 0 Å². The van der Waals surface area contributed by atoms with Gasteiger partial charge in [-0.3, -0.25) is 0 Å². The van der Waals surface area contributed by atoms with Crippen LogP contribution in [0.5, 0.6) is 0 Å². The maximum atomic E-state index is 13.2. The van der Waals surface area contributed by atoms with Gasteiger partial charge >= 0.3 is 12.1 Å². The van der Waals surface area contributed by atoms with Crippen LogP contribution in [0.2, 0.25) is 0 Å². The SMILES string of the molecule is O=C(O)c1ccc(Nc2nc(-c3ccc(F)cc3)cc(C(F)(F)F)n2)cc1. The molecule has 3 aromatic rings. The lowest BCUT2D eigenvalue weighted by Crippen LogP contribution is -2.11. The molecule has 0 fully saturated rings. The van der Waals surface area contributed by atoms with E-state index in [4.69, 9.17) is 5.11 Å². The molecule has 1 heterocycles. The van der Waals surface area contributed by atoms with E-state index in [0.717, 1.165) is 18.2 Å². The van der Waals surface area contributed by atoms with Crippen LogP contribution in [-0.4, -0.2) is 21.0 Å². The summed E-state index contributed by atoms with van der Waals surface area (Å²) in [6.45, 7) is 0. The van der Waals surface area contributed by atoms with Crippen LogP contribution in [0.15, 0.2) is 54.6 Å². The average molecular weight is 377 g/mol. The van der Waals surface area contributed by atoms with Gasteiger partial charge in [0.05, 0.1) is 11.3 Å². The topological polar surface area (TPSA) is 75.1 Å². The molecule has 0 bridgehead atoms. The Morgan fingerprint density at radius 1 is 0.963 bits per heavy atom. The van der Waals surface area contributed by atoms with Crippen LogP contribution in [0, 0.1) is 5.82 Å². The number of aromatic carboxylic acids is 1. The number of hydrogen-bond acceptors (Lipinski definition) is 4. The van der Waals surface area contributed by atoms with Gasteiger partial charge in [-0.05, 0) is 54.6 Å². The highest BCUT2D eigenvalue weighted by Gasteiger charge is 2.33. The van der Waals surface area contributed by atoms with Crippen LogP contribution >= 0.6 is 0 Å². The Morgan fingerprint density at radius 3 is 2.15 bits per heavy atom. The number of benzene rings is 2. The largest absolute Gasteiger partial charge is 0.478 e. The smallest absolute Gasteiger partial charge is 0.433 e. The predicted molar refractivity (Wildman–Crippen MR) is 89.1 cm³/mol. The van der Waals surface area contributed by atoms with Gasteiger partial charge in [-0.1, -0.05) is 0 Å². The minimum atomic E-state index is -4.71. The van der Waals surface area contributed by atoms with Crippen molar-refractivity contribution in [1.29, 1.82) is 0 Å². The molecular weight excluding hydrogens is 366 g/mol. The number of alkyl halides is 3. The third-order valence-corrected chi connectivity index (χ3v) is 3.54. The van der Waals surface area contributed by atoms with Gasteiger partial charge in [0.15, 0.2) is 5.69 Å². The van der Waals surface area contributed by atoms with Gasteiger partial charge < -0.3 is 10.4 Å². The molecule has 1 aromatic heterocycles. The van der Waals surface area contributed by atoms with Crippen molar-refractivity contribution in [2.45, 2.75) is 6.18 Å². The summed E-state index contributed by atoms with van der Waals surface area (Å²) in [5, 5.41) is 11.5. The summed E-state index contributed by atoms with van der Waals surface area (Å²) in [4.78, 5) is 18.4. The van der Waals surface area contributed by atoms with Crippen LogP contribution in [0.1, 0.15) is 16.1 Å². The first kappa shape index (κ1) is 18.3. The van der Waals surface area contributed by atoms with Gasteiger partial charge in [0.25, 0.3) is 0 Å². The zero-order chi connectivity index (χ0) is 19.6. The van der Waals surface area contributed by atoms with Gasteiger partial charge in [-0.15, -0.1) is 0 Å². The maximum Gasteiger partial charge on any atom is 0.433 e. The van der Waals surface area contributed by atoms with E-state index < -0.39 is 23.7 Å². The molecule has 0 unspecified atom stereocenters. The second-order valence-corrected chi connectivity index (χ2v) is 5.47. The van der Waals surface area contributed by atoms with E-state index in [-0.39, 0.29) is 22.8 Å². The molecular formula is C18H11F4N3O2. The Bertz CT molecular complexity index is 971. The fourth-order valence-corrected chi connectivity index (χ4v) is 2.24. The normalized spacial score (nSPS) is 11.3. The summed E-state index contributed by atoms with van der Waals surface area (Å²) in [7, 11) is 0. The van der Waals surface area contributed by atoms with Crippen LogP contribution < -0.4 is 5.32 Å². The molecule has 0 saturated heterocycles. The molecule has 2 aromatic carbocycles. The minimum absolute atomic E-state index is 0.0255. The van der Waals surface area contributed by atoms with E-state index >= 15 is 0 Å². The van der Waals surface area contributed by atoms with E-state index in [2.05, 4.69) is 15.3 Å². The van der Waals surface area contributed by atoms with Crippen molar-refractivity contribution < 1.29 is 27.5 Å². The third-order valence-electron chi connectivity index (χ3n) is 3.54. The summed E-state index contributed by atoms with van der Waals surface area (Å²) in [6.07, 6.45) is -4.71. The monoisotopic (exact) mass is 377 g/mol. The molecule has 0 spiro atoms. The molecule has 138 valence electrons. The van der Waals surface area contributed by atoms with Gasteiger partial charge in [0.1, 0.15) is 5.82 Å². The molecule has 0 amide bonds. The summed E-state index contributed by atoms with van der Waals surface area (Å²) < 4.78 is 52.6. The molecule has 27 heavy (non-hydrogen) atoms. The maximum absolute atomic E-state index is 13.2. The number of hydrogen-bond donors (Lipinski definition) is 2. The number of nitrogens with one attached hydrogen (secondary N) is 1. The van der Waals surface area contributed by atoms with Crippen molar-refractivity contribution in [3.63, 3.8) is 0 Å². The van der Waals surface area contributed by atoms with Crippen molar-refractivity contribution >= 4 is 17.6 Å². The number of carboxylic acid groups (broad SMARTS) is 1. The van der Waals surface area contributed by atoms with Crippen molar-refractivity contribution in [2.24, 2.45) is 0 Å². The minimum Gasteiger partial charge on any atom is -0.478 e. The molecule has 0 radical (unpaired) electrons. The summed E-state index contributed by atoms with van der Waals surface area (Å²) in [6, 6.07) is 11.0. The van der Waals surface area contributed by atoms with Gasteiger partial charge in [-0.2, -0.15) is 13.2 Å². The molecule has 0 aliphatic carbocycles. The number of nitrogens with zero attached hydrogens (tertiary/aromatic N) is 2. The standard InChI is InChI=1S/C18H11F4N3O2/c19-12-5-1-10(2-6-12)14-9-15(18(20,21)22)25-17(24-14)23-13-7-3-11(4-8-13)16(26)27/h1-9H,(H,26,27)(H,23,24,25). The Morgan fingerprint density at radius 2 is 1.59 bits per heavy atom. The van der Waals surface area contributed by atoms with Crippen molar-refractivity contribution in [1.82, 2.24) is 9.97 Å². The molecule has 0 aliphatic rings. The Kier molecular flexibility index (Phi) is 4.76. The lowest BCUT2D eigenvalue weighted by molar-refractivity contribution is -0.141. The highest BCUT2D eigenvalue weighted by Crippen LogP contribution is 2.31. The van der Waals surface area contributed by atoms with Gasteiger partial charge in [-0.25, -0.2) is 19.2 Å². The molecule has 3 rings (SSSR count). The average Bonchev–Trinajstić information content (AvgIpc) is 2.62. The Balaban J connectivity index is 1.99. The van der Waals surface area contributed by atoms with Gasteiger partial charge in [0.2, 0.25) is 5.95 Å². The van der Waals surface area contributed by atoms with Crippen LogP contribution in [0.25, 0.3) is 11.3 Å². The Hall–Kier alpha value is -3.49. The van der Waals surface area contributed by atoms with Crippen LogP contribution in [0.4, 0.5) is 29.2 Å². The summed E-state index contributed by atoms with van der Waals surface area (Å²) in [5.41, 5.74) is -0.584. The zero-order valence-electron chi connectivity index (χ0n) is 13.5. The molecule has 0 saturated carbocycles.